The van der Waals surface area contributed by atoms with E-state index in [2.05, 4.69) is 104 Å². The number of hydrogen-bond donors (Lipinski definition) is 0. The van der Waals surface area contributed by atoms with Crippen LogP contribution in [-0.4, -0.2) is 17.1 Å². The van der Waals surface area contributed by atoms with Crippen molar-refractivity contribution in [2.45, 2.75) is 39.9 Å². The number of nitrogens with zero attached hydrogens (tertiary/aromatic N) is 3. The summed E-state index contributed by atoms with van der Waals surface area (Å²) in [6, 6.07) is 15.6. The standard InChI is InChI=1S/C20H26N3/c1-15(2)22-13-14-23(17(22)4)20-12-8-11-19(21(20)5)18-10-7-6-9-16(18)3/h6-15,17H,1-5H3/q+1/t17-/m1/s1. The van der Waals surface area contributed by atoms with E-state index in [4.69, 9.17) is 0 Å². The van der Waals surface area contributed by atoms with Gasteiger partial charge in [0.1, 0.15) is 11.9 Å². The molecule has 0 saturated heterocycles. The van der Waals surface area contributed by atoms with Gasteiger partial charge in [-0.1, -0.05) is 24.3 Å². The van der Waals surface area contributed by atoms with Crippen LogP contribution in [0.25, 0.3) is 11.3 Å². The first-order chi connectivity index (χ1) is 11.0. The average Bonchev–Trinajstić information content (AvgIpc) is 2.90. The fourth-order valence-electron chi connectivity index (χ4n) is 3.38. The average molecular weight is 308 g/mol. The van der Waals surface area contributed by atoms with E-state index in [0.717, 1.165) is 0 Å². The number of hydrogen-bond acceptors (Lipinski definition) is 2. The molecule has 1 atom stereocenters. The van der Waals surface area contributed by atoms with Crippen LogP contribution in [0.5, 0.6) is 0 Å². The normalized spacial score (nSPS) is 17.4. The highest BCUT2D eigenvalue weighted by Crippen LogP contribution is 2.26. The van der Waals surface area contributed by atoms with Gasteiger partial charge >= 0.3 is 0 Å². The summed E-state index contributed by atoms with van der Waals surface area (Å²) in [6.07, 6.45) is 4.70. The van der Waals surface area contributed by atoms with Crippen molar-refractivity contribution >= 4 is 5.82 Å². The Kier molecular flexibility index (Phi) is 4.12. The van der Waals surface area contributed by atoms with Gasteiger partial charge in [-0.05, 0) is 45.4 Å². The molecule has 0 bridgehead atoms. The van der Waals surface area contributed by atoms with Gasteiger partial charge in [0.25, 0.3) is 5.82 Å². The highest BCUT2D eigenvalue weighted by molar-refractivity contribution is 5.61. The molecule has 0 amide bonds. The van der Waals surface area contributed by atoms with Crippen molar-refractivity contribution in [3.63, 3.8) is 0 Å². The third kappa shape index (κ3) is 2.72. The minimum absolute atomic E-state index is 0.327. The van der Waals surface area contributed by atoms with Gasteiger partial charge in [-0.2, -0.15) is 0 Å². The van der Waals surface area contributed by atoms with Gasteiger partial charge in [-0.3, -0.25) is 0 Å². The first-order valence-corrected chi connectivity index (χ1v) is 8.30. The van der Waals surface area contributed by atoms with Crippen molar-refractivity contribution in [2.24, 2.45) is 7.05 Å². The molecule has 0 fully saturated rings. The summed E-state index contributed by atoms with van der Waals surface area (Å²) in [5, 5.41) is 0. The number of pyridine rings is 1. The summed E-state index contributed by atoms with van der Waals surface area (Å²) in [5.74, 6) is 1.21. The molecule has 1 aromatic heterocycles. The fraction of sp³-hybridized carbons (Fsp3) is 0.350. The second-order valence-electron chi connectivity index (χ2n) is 6.52. The predicted molar refractivity (Wildman–Crippen MR) is 95.8 cm³/mol. The summed E-state index contributed by atoms with van der Waals surface area (Å²) >= 11 is 0. The molecule has 2 aromatic rings. The second-order valence-corrected chi connectivity index (χ2v) is 6.52. The van der Waals surface area contributed by atoms with Gasteiger partial charge in [-0.15, -0.1) is 0 Å². The molecule has 0 N–H and O–H groups in total. The quantitative estimate of drug-likeness (QED) is 0.798. The molecule has 0 aliphatic carbocycles. The maximum atomic E-state index is 2.38. The van der Waals surface area contributed by atoms with Crippen LogP contribution in [0, 0.1) is 6.92 Å². The van der Waals surface area contributed by atoms with Gasteiger partial charge in [0.2, 0.25) is 0 Å². The molecule has 0 saturated carbocycles. The van der Waals surface area contributed by atoms with E-state index < -0.39 is 0 Å². The molecule has 0 radical (unpaired) electrons. The van der Waals surface area contributed by atoms with Gasteiger partial charge in [0.05, 0.1) is 7.05 Å². The van der Waals surface area contributed by atoms with Crippen molar-refractivity contribution in [1.29, 1.82) is 0 Å². The lowest BCUT2D eigenvalue weighted by Gasteiger charge is -2.28. The molecule has 1 aliphatic heterocycles. The van der Waals surface area contributed by atoms with Crippen molar-refractivity contribution in [1.82, 2.24) is 4.90 Å². The van der Waals surface area contributed by atoms with Gasteiger partial charge in [0.15, 0.2) is 6.17 Å². The van der Waals surface area contributed by atoms with Crippen LogP contribution in [0.1, 0.15) is 26.3 Å². The van der Waals surface area contributed by atoms with E-state index in [0.29, 0.717) is 12.2 Å². The minimum atomic E-state index is 0.327. The zero-order valence-electron chi connectivity index (χ0n) is 14.7. The van der Waals surface area contributed by atoms with Crippen LogP contribution in [0.4, 0.5) is 5.82 Å². The molecule has 3 nitrogen and oxygen atoms in total. The Morgan fingerprint density at radius 3 is 2.39 bits per heavy atom. The molecular formula is C20H26N3+. The maximum absolute atomic E-state index is 2.38. The lowest BCUT2D eigenvalue weighted by atomic mass is 10.0. The van der Waals surface area contributed by atoms with E-state index in [-0.39, 0.29) is 0 Å². The van der Waals surface area contributed by atoms with E-state index in [1.54, 1.807) is 0 Å². The van der Waals surface area contributed by atoms with Crippen LogP contribution in [0.3, 0.4) is 0 Å². The summed E-state index contributed by atoms with van der Waals surface area (Å²) in [5.41, 5.74) is 3.83. The Balaban J connectivity index is 2.02. The number of rotatable bonds is 3. The monoisotopic (exact) mass is 308 g/mol. The zero-order chi connectivity index (χ0) is 16.6. The van der Waals surface area contributed by atoms with Gasteiger partial charge < -0.3 is 4.90 Å². The highest BCUT2D eigenvalue weighted by atomic mass is 15.4. The van der Waals surface area contributed by atoms with Crippen LogP contribution in [0.15, 0.2) is 54.9 Å². The molecule has 0 spiro atoms. The molecular weight excluding hydrogens is 282 g/mol. The lowest BCUT2D eigenvalue weighted by Crippen LogP contribution is -2.45. The van der Waals surface area contributed by atoms with Crippen LogP contribution in [0.2, 0.25) is 0 Å². The molecule has 1 aliphatic rings. The van der Waals surface area contributed by atoms with Crippen molar-refractivity contribution in [2.75, 3.05) is 4.90 Å². The first kappa shape index (κ1) is 15.6. The van der Waals surface area contributed by atoms with Crippen LogP contribution >= 0.6 is 0 Å². The Morgan fingerprint density at radius 2 is 1.74 bits per heavy atom. The van der Waals surface area contributed by atoms with Gasteiger partial charge in [-0.25, -0.2) is 9.47 Å². The van der Waals surface area contributed by atoms with Gasteiger partial charge in [0, 0.05) is 23.9 Å². The number of aryl methyl sites for hydroxylation is 1. The third-order valence-corrected chi connectivity index (χ3v) is 4.72. The zero-order valence-corrected chi connectivity index (χ0v) is 14.7. The smallest absolute Gasteiger partial charge is 0.283 e. The SMILES string of the molecule is Cc1ccccc1-c1cccc(N2C=CN(C(C)C)[C@H]2C)[n+]1C. The molecule has 3 rings (SSSR count). The second kappa shape index (κ2) is 6.07. The van der Waals surface area contributed by atoms with Crippen LogP contribution in [-0.2, 0) is 7.05 Å². The van der Waals surface area contributed by atoms with E-state index in [9.17, 15) is 0 Å². The Bertz CT molecular complexity index is 733. The Hall–Kier alpha value is -2.29. The fourth-order valence-corrected chi connectivity index (χ4v) is 3.38. The molecule has 1 aromatic carbocycles. The van der Waals surface area contributed by atoms with E-state index >= 15 is 0 Å². The topological polar surface area (TPSA) is 10.4 Å². The summed E-state index contributed by atoms with van der Waals surface area (Å²) in [6.45, 7) is 8.88. The molecule has 0 unspecified atom stereocenters. The maximum Gasteiger partial charge on any atom is 0.283 e. The Labute approximate surface area is 139 Å². The summed E-state index contributed by atoms with van der Waals surface area (Å²) in [4.78, 5) is 4.71. The van der Waals surface area contributed by atoms with Crippen LogP contribution < -0.4 is 9.47 Å². The van der Waals surface area contributed by atoms with Crippen molar-refractivity contribution < 1.29 is 4.57 Å². The first-order valence-electron chi connectivity index (χ1n) is 8.30. The molecule has 23 heavy (non-hydrogen) atoms. The largest absolute Gasteiger partial charge is 0.334 e. The lowest BCUT2D eigenvalue weighted by molar-refractivity contribution is -0.647. The molecule has 120 valence electrons. The summed E-state index contributed by atoms with van der Waals surface area (Å²) in [7, 11) is 2.15. The number of benzene rings is 1. The van der Waals surface area contributed by atoms with E-state index in [1.165, 1.54) is 22.6 Å². The molecule has 3 heteroatoms. The minimum Gasteiger partial charge on any atom is -0.334 e. The predicted octanol–water partition coefficient (Wildman–Crippen LogP) is 3.83. The van der Waals surface area contributed by atoms with Crippen molar-refractivity contribution in [3.8, 4) is 11.3 Å². The summed E-state index contributed by atoms with van der Waals surface area (Å²) < 4.78 is 2.28. The van der Waals surface area contributed by atoms with E-state index in [1.807, 2.05) is 0 Å². The Morgan fingerprint density at radius 1 is 1.00 bits per heavy atom. The number of aromatic nitrogens is 1. The number of anilines is 1. The molecule has 2 heterocycles. The highest BCUT2D eigenvalue weighted by Gasteiger charge is 2.33. The third-order valence-electron chi connectivity index (χ3n) is 4.72. The van der Waals surface area contributed by atoms with Crippen molar-refractivity contribution in [3.05, 3.63) is 60.4 Å².